The fraction of sp³-hybridized carbons (Fsp3) is 0.426. The third kappa shape index (κ3) is 9.10. The summed E-state index contributed by atoms with van der Waals surface area (Å²) in [5.41, 5.74) is 10.0. The number of rotatable bonds is 10. The highest BCUT2D eigenvalue weighted by Crippen LogP contribution is 2.47. The van der Waals surface area contributed by atoms with Crippen LogP contribution in [0.15, 0.2) is 91.0 Å². The van der Waals surface area contributed by atoms with Gasteiger partial charge in [-0.2, -0.15) is 0 Å². The Hall–Kier alpha value is -5.15. The molecule has 1 aliphatic carbocycles. The van der Waals surface area contributed by atoms with Gasteiger partial charge in [0, 0.05) is 102 Å². The number of aldehydes is 1. The van der Waals surface area contributed by atoms with E-state index in [4.69, 9.17) is 0 Å². The molecule has 9 heteroatoms. The Morgan fingerprint density at radius 3 is 2.23 bits per heavy atom. The summed E-state index contributed by atoms with van der Waals surface area (Å²) >= 11 is 0. The van der Waals surface area contributed by atoms with E-state index < -0.39 is 0 Å². The van der Waals surface area contributed by atoms with Gasteiger partial charge in [-0.25, -0.2) is 0 Å². The van der Waals surface area contributed by atoms with E-state index in [2.05, 4.69) is 92.8 Å². The zero-order valence-electron chi connectivity index (χ0n) is 33.0. The first kappa shape index (κ1) is 39.1. The van der Waals surface area contributed by atoms with Crippen molar-refractivity contribution >= 4 is 29.5 Å². The van der Waals surface area contributed by atoms with E-state index >= 15 is 0 Å². The van der Waals surface area contributed by atoms with Crippen molar-refractivity contribution in [1.82, 2.24) is 15.1 Å². The van der Waals surface area contributed by atoms with Crippen molar-refractivity contribution in [3.63, 3.8) is 0 Å². The van der Waals surface area contributed by atoms with Gasteiger partial charge >= 0.3 is 0 Å². The standard InChI is InChI=1S/C41H46N4O2.C6H11NO2/c1-42-28-33-25-35(12-15-39(33)41(42)47)45-23-21-43(22-24-45)27-29-17-19-44(20-18-29)34-10-7-31(8-11-34)40-37(30-5-3-2-4-6-30)14-9-32-26-36(46)13-16-38(32)40;1-7-6(9)4-2-3-5-8/h2-8,10-13,15-16,25-26,29,37,40,46H,9,14,17-24,27-28H2,1H3;5H,2-4H2,1H3,(H,7,9). The molecule has 0 spiro atoms. The summed E-state index contributed by atoms with van der Waals surface area (Å²) in [6.45, 7) is 8.45. The predicted molar refractivity (Wildman–Crippen MR) is 224 cm³/mol. The second-order valence-electron chi connectivity index (χ2n) is 16.0. The number of aryl methyl sites for hydroxylation is 1. The number of piperidine rings is 1. The Morgan fingerprint density at radius 1 is 0.804 bits per heavy atom. The van der Waals surface area contributed by atoms with Gasteiger partial charge in [0.05, 0.1) is 0 Å². The fourth-order valence-corrected chi connectivity index (χ4v) is 9.22. The molecule has 0 saturated carbocycles. The highest BCUT2D eigenvalue weighted by molar-refractivity contribution is 5.98. The Bertz CT molecular complexity index is 1950. The zero-order valence-corrected chi connectivity index (χ0v) is 33.0. The number of anilines is 2. The van der Waals surface area contributed by atoms with Crippen LogP contribution in [0.4, 0.5) is 11.4 Å². The molecule has 2 unspecified atom stereocenters. The molecule has 2 amide bonds. The first-order chi connectivity index (χ1) is 27.3. The molecular weight excluding hydrogens is 699 g/mol. The average Bonchev–Trinajstić information content (AvgIpc) is 3.53. The van der Waals surface area contributed by atoms with Crippen molar-refractivity contribution in [2.24, 2.45) is 5.92 Å². The van der Waals surface area contributed by atoms with E-state index in [-0.39, 0.29) is 17.7 Å². The molecule has 4 aliphatic rings. The van der Waals surface area contributed by atoms with Gasteiger partial charge in [-0.15, -0.1) is 0 Å². The Kier molecular flexibility index (Phi) is 12.7. The number of phenols is 1. The smallest absolute Gasteiger partial charge is 0.254 e. The fourth-order valence-electron chi connectivity index (χ4n) is 9.22. The number of nitrogens with zero attached hydrogens (tertiary/aromatic N) is 4. The molecule has 2 atom stereocenters. The van der Waals surface area contributed by atoms with Crippen molar-refractivity contribution in [3.8, 4) is 5.75 Å². The quantitative estimate of drug-likeness (QED) is 0.133. The van der Waals surface area contributed by atoms with Crippen molar-refractivity contribution in [1.29, 1.82) is 0 Å². The summed E-state index contributed by atoms with van der Waals surface area (Å²) < 4.78 is 0. The molecule has 9 nitrogen and oxygen atoms in total. The normalized spacial score (nSPS) is 19.8. The van der Waals surface area contributed by atoms with Crippen LogP contribution in [0.3, 0.4) is 0 Å². The summed E-state index contributed by atoms with van der Waals surface area (Å²) in [7, 11) is 3.47. The van der Waals surface area contributed by atoms with Gasteiger partial charge in [0.1, 0.15) is 12.0 Å². The number of benzene rings is 4. The lowest BCUT2D eigenvalue weighted by Crippen LogP contribution is -2.49. The van der Waals surface area contributed by atoms with Crippen LogP contribution < -0.4 is 15.1 Å². The summed E-state index contributed by atoms with van der Waals surface area (Å²) in [5, 5.41) is 12.7. The number of aromatic hydroxyl groups is 1. The molecule has 0 aromatic heterocycles. The first-order valence-electron chi connectivity index (χ1n) is 20.5. The van der Waals surface area contributed by atoms with Crippen molar-refractivity contribution in [2.45, 2.75) is 63.3 Å². The number of nitrogens with one attached hydrogen (secondary N) is 1. The lowest BCUT2D eigenvalue weighted by atomic mass is 9.69. The maximum absolute atomic E-state index is 12.3. The molecule has 8 rings (SSSR count). The SMILES string of the molecule is CN1Cc2cc(N3CCN(CC4CCN(c5ccc(C6c7ccc(O)cc7CCC6c6ccccc6)cc5)CC4)CC3)ccc2C1=O.CNC(=O)CCCC=O. The van der Waals surface area contributed by atoms with Gasteiger partial charge in [-0.1, -0.05) is 48.5 Å². The number of carbonyl (C=O) groups is 3. The number of unbranched alkanes of at least 4 members (excludes halogenated alkanes) is 1. The molecule has 56 heavy (non-hydrogen) atoms. The minimum atomic E-state index is -0.00292. The highest BCUT2D eigenvalue weighted by Gasteiger charge is 2.33. The van der Waals surface area contributed by atoms with Gasteiger partial charge in [0.2, 0.25) is 5.91 Å². The minimum Gasteiger partial charge on any atom is -0.508 e. The Morgan fingerprint density at radius 2 is 1.52 bits per heavy atom. The maximum atomic E-state index is 12.3. The Labute approximate surface area is 332 Å². The van der Waals surface area contributed by atoms with Crippen LogP contribution in [0.5, 0.6) is 5.75 Å². The van der Waals surface area contributed by atoms with E-state index in [9.17, 15) is 19.5 Å². The Balaban J connectivity index is 0.000000478. The third-order valence-corrected chi connectivity index (χ3v) is 12.4. The van der Waals surface area contributed by atoms with Crippen LogP contribution in [-0.4, -0.2) is 92.9 Å². The van der Waals surface area contributed by atoms with Crippen LogP contribution in [0.1, 0.15) is 88.5 Å². The van der Waals surface area contributed by atoms with Gasteiger partial charge in [0.25, 0.3) is 5.91 Å². The molecule has 3 heterocycles. The number of fused-ring (bicyclic) bond motifs is 2. The summed E-state index contributed by atoms with van der Waals surface area (Å²) in [6.07, 6.45) is 6.98. The zero-order chi connectivity index (χ0) is 39.0. The maximum Gasteiger partial charge on any atom is 0.254 e. The molecule has 294 valence electrons. The van der Waals surface area contributed by atoms with Crippen molar-refractivity contribution in [3.05, 3.63) is 124 Å². The number of piperazine rings is 1. The lowest BCUT2D eigenvalue weighted by molar-refractivity contribution is -0.120. The number of amides is 2. The second kappa shape index (κ2) is 18.2. The third-order valence-electron chi connectivity index (χ3n) is 12.4. The first-order valence-corrected chi connectivity index (χ1v) is 20.5. The van der Waals surface area contributed by atoms with E-state index in [1.54, 1.807) is 11.9 Å². The summed E-state index contributed by atoms with van der Waals surface area (Å²) in [6, 6.07) is 32.8. The van der Waals surface area contributed by atoms with Gasteiger partial charge < -0.3 is 29.9 Å². The van der Waals surface area contributed by atoms with Crippen LogP contribution >= 0.6 is 0 Å². The summed E-state index contributed by atoms with van der Waals surface area (Å²) in [4.78, 5) is 42.0. The number of hydrogen-bond acceptors (Lipinski definition) is 7. The van der Waals surface area contributed by atoms with Gasteiger partial charge in [-0.3, -0.25) is 14.5 Å². The van der Waals surface area contributed by atoms with Crippen molar-refractivity contribution in [2.75, 3.05) is 69.7 Å². The van der Waals surface area contributed by atoms with E-state index in [0.29, 0.717) is 30.9 Å². The number of hydrogen-bond donors (Lipinski definition) is 2. The molecule has 4 aromatic carbocycles. The number of phenolic OH excluding ortho intramolecular Hbond substituents is 1. The monoisotopic (exact) mass is 755 g/mol. The largest absolute Gasteiger partial charge is 0.508 e. The minimum absolute atomic E-state index is 0.00292. The molecule has 2 fully saturated rings. The molecule has 0 radical (unpaired) electrons. The molecule has 2 N–H and O–H groups in total. The van der Waals surface area contributed by atoms with Crippen LogP contribution in [0, 0.1) is 5.92 Å². The van der Waals surface area contributed by atoms with Crippen LogP contribution in [0.2, 0.25) is 0 Å². The average molecular weight is 756 g/mol. The van der Waals surface area contributed by atoms with Crippen molar-refractivity contribution < 1.29 is 19.5 Å². The van der Waals surface area contributed by atoms with E-state index in [0.717, 1.165) is 82.0 Å². The molecule has 4 aromatic rings. The molecular formula is C47H57N5O4. The van der Waals surface area contributed by atoms with Crippen LogP contribution in [-0.2, 0) is 22.6 Å². The van der Waals surface area contributed by atoms with E-state index in [1.807, 2.05) is 25.2 Å². The van der Waals surface area contributed by atoms with Gasteiger partial charge in [-0.05, 0) is 114 Å². The highest BCUT2D eigenvalue weighted by atomic mass is 16.3. The van der Waals surface area contributed by atoms with E-state index in [1.165, 1.54) is 53.0 Å². The number of carbonyl (C=O) groups excluding carboxylic acids is 3. The second-order valence-corrected chi connectivity index (χ2v) is 16.0. The molecule has 0 bridgehead atoms. The molecule has 2 saturated heterocycles. The molecule has 3 aliphatic heterocycles. The topological polar surface area (TPSA) is 96.4 Å². The van der Waals surface area contributed by atoms with Gasteiger partial charge in [0.15, 0.2) is 0 Å². The predicted octanol–water partition coefficient (Wildman–Crippen LogP) is 6.98. The summed E-state index contributed by atoms with van der Waals surface area (Å²) in [5.74, 6) is 1.97. The van der Waals surface area contributed by atoms with Crippen LogP contribution in [0.25, 0.3) is 0 Å². The lowest BCUT2D eigenvalue weighted by Gasteiger charge is -2.40.